The summed E-state index contributed by atoms with van der Waals surface area (Å²) in [6, 6.07) is 3.34. The summed E-state index contributed by atoms with van der Waals surface area (Å²) >= 11 is 0. The Labute approximate surface area is 148 Å². The smallest absolute Gasteiger partial charge is 0.282 e. The Bertz CT molecular complexity index is 694. The summed E-state index contributed by atoms with van der Waals surface area (Å²) in [7, 11) is -3.53. The first-order valence-corrected chi connectivity index (χ1v) is 9.87. The highest BCUT2D eigenvalue weighted by Gasteiger charge is 2.37. The number of morpholine rings is 1. The van der Waals surface area contributed by atoms with Crippen LogP contribution in [-0.2, 0) is 14.9 Å². The molecular weight excluding hydrogens is 344 g/mol. The van der Waals surface area contributed by atoms with Gasteiger partial charge in [-0.1, -0.05) is 0 Å². The van der Waals surface area contributed by atoms with E-state index in [1.54, 1.807) is 29.4 Å². The average Bonchev–Trinajstić information content (AvgIpc) is 2.61. The normalized spacial score (nSPS) is 26.6. The molecule has 2 saturated heterocycles. The predicted octanol–water partition coefficient (Wildman–Crippen LogP) is 0.193. The molecule has 1 aromatic rings. The molecule has 0 radical (unpaired) electrons. The number of amides is 1. The van der Waals surface area contributed by atoms with Crippen molar-refractivity contribution in [2.24, 2.45) is 0 Å². The van der Waals surface area contributed by atoms with Crippen molar-refractivity contribution in [3.63, 3.8) is 0 Å². The van der Waals surface area contributed by atoms with Crippen molar-refractivity contribution < 1.29 is 17.9 Å². The molecule has 2 unspecified atom stereocenters. The van der Waals surface area contributed by atoms with Gasteiger partial charge in [-0.25, -0.2) is 0 Å². The molecule has 1 amide bonds. The molecule has 1 aromatic heterocycles. The van der Waals surface area contributed by atoms with E-state index in [4.69, 9.17) is 4.74 Å². The molecule has 8 nitrogen and oxygen atoms in total. The zero-order valence-electron chi connectivity index (χ0n) is 14.5. The molecule has 0 spiro atoms. The van der Waals surface area contributed by atoms with Gasteiger partial charge in [0.05, 0.1) is 12.2 Å². The van der Waals surface area contributed by atoms with E-state index in [1.165, 1.54) is 8.61 Å². The van der Waals surface area contributed by atoms with Gasteiger partial charge in [0.15, 0.2) is 0 Å². The summed E-state index contributed by atoms with van der Waals surface area (Å²) in [5.41, 5.74) is 0.571. The van der Waals surface area contributed by atoms with Crippen LogP contribution in [0.5, 0.6) is 0 Å². The van der Waals surface area contributed by atoms with Crippen molar-refractivity contribution in [2.45, 2.75) is 26.1 Å². The lowest BCUT2D eigenvalue weighted by molar-refractivity contribution is -0.0457. The topological polar surface area (TPSA) is 83.1 Å². The SMILES string of the molecule is CC1CN(S(=O)(=O)N2CCN(C(=O)c3ccncc3)CC2)CC(C)O1. The lowest BCUT2D eigenvalue weighted by Crippen LogP contribution is -2.57. The van der Waals surface area contributed by atoms with Crippen molar-refractivity contribution in [1.82, 2.24) is 18.5 Å². The van der Waals surface area contributed by atoms with Gasteiger partial charge >= 0.3 is 0 Å². The molecule has 2 aliphatic heterocycles. The number of hydrogen-bond acceptors (Lipinski definition) is 5. The maximum Gasteiger partial charge on any atom is 0.282 e. The lowest BCUT2D eigenvalue weighted by atomic mass is 10.2. The highest BCUT2D eigenvalue weighted by Crippen LogP contribution is 2.19. The van der Waals surface area contributed by atoms with Gasteiger partial charge < -0.3 is 9.64 Å². The number of hydrogen-bond donors (Lipinski definition) is 0. The molecule has 3 rings (SSSR count). The molecule has 2 aliphatic rings. The molecule has 0 aliphatic carbocycles. The second kappa shape index (κ2) is 7.36. The number of nitrogens with zero attached hydrogens (tertiary/aromatic N) is 4. The third-order valence-electron chi connectivity index (χ3n) is 4.49. The summed E-state index contributed by atoms with van der Waals surface area (Å²) in [4.78, 5) is 18.0. The molecule has 2 fully saturated rings. The Hall–Kier alpha value is -1.55. The second-order valence-electron chi connectivity index (χ2n) is 6.51. The standard InChI is InChI=1S/C16H24N4O4S/c1-13-11-20(12-14(2)24-13)25(22,23)19-9-7-18(8-10-19)16(21)15-3-5-17-6-4-15/h3-6,13-14H,7-12H2,1-2H3. The molecule has 0 bridgehead atoms. The van der Waals surface area contributed by atoms with Gasteiger partial charge in [0.1, 0.15) is 0 Å². The molecule has 0 N–H and O–H groups in total. The van der Waals surface area contributed by atoms with Gasteiger partial charge in [0, 0.05) is 57.2 Å². The van der Waals surface area contributed by atoms with Crippen LogP contribution in [0.4, 0.5) is 0 Å². The Morgan fingerprint density at radius 2 is 1.60 bits per heavy atom. The van der Waals surface area contributed by atoms with Crippen molar-refractivity contribution >= 4 is 16.1 Å². The molecule has 3 heterocycles. The quantitative estimate of drug-likeness (QED) is 0.761. The monoisotopic (exact) mass is 368 g/mol. The van der Waals surface area contributed by atoms with Crippen molar-refractivity contribution in [2.75, 3.05) is 39.3 Å². The third kappa shape index (κ3) is 4.00. The van der Waals surface area contributed by atoms with E-state index in [9.17, 15) is 13.2 Å². The van der Waals surface area contributed by atoms with Gasteiger partial charge in [-0.15, -0.1) is 0 Å². The molecular formula is C16H24N4O4S. The Morgan fingerprint density at radius 1 is 1.04 bits per heavy atom. The van der Waals surface area contributed by atoms with Crippen LogP contribution >= 0.6 is 0 Å². The van der Waals surface area contributed by atoms with Crippen molar-refractivity contribution in [1.29, 1.82) is 0 Å². The summed E-state index contributed by atoms with van der Waals surface area (Å²) < 4.78 is 34.3. The predicted molar refractivity (Wildman–Crippen MR) is 92.2 cm³/mol. The largest absolute Gasteiger partial charge is 0.373 e. The van der Waals surface area contributed by atoms with E-state index in [1.807, 2.05) is 13.8 Å². The summed E-state index contributed by atoms with van der Waals surface area (Å²) in [5.74, 6) is -0.0898. The zero-order valence-corrected chi connectivity index (χ0v) is 15.4. The minimum atomic E-state index is -3.53. The van der Waals surface area contributed by atoms with Crippen LogP contribution < -0.4 is 0 Å². The van der Waals surface area contributed by atoms with Crippen LogP contribution in [-0.4, -0.2) is 84.3 Å². The molecule has 25 heavy (non-hydrogen) atoms. The highest BCUT2D eigenvalue weighted by molar-refractivity contribution is 7.86. The number of carbonyl (C=O) groups excluding carboxylic acids is 1. The number of rotatable bonds is 3. The van der Waals surface area contributed by atoms with E-state index in [-0.39, 0.29) is 18.1 Å². The Morgan fingerprint density at radius 3 is 2.16 bits per heavy atom. The summed E-state index contributed by atoms with van der Waals surface area (Å²) in [6.45, 7) is 5.86. The maximum absolute atomic E-state index is 12.9. The average molecular weight is 368 g/mol. The van der Waals surface area contributed by atoms with E-state index < -0.39 is 10.2 Å². The number of piperazine rings is 1. The van der Waals surface area contributed by atoms with E-state index in [2.05, 4.69) is 4.98 Å². The fourth-order valence-corrected chi connectivity index (χ4v) is 5.03. The van der Waals surface area contributed by atoms with Crippen molar-refractivity contribution in [3.8, 4) is 0 Å². The van der Waals surface area contributed by atoms with Gasteiger partial charge in [-0.05, 0) is 26.0 Å². The van der Waals surface area contributed by atoms with E-state index >= 15 is 0 Å². The number of carbonyl (C=O) groups is 1. The van der Waals surface area contributed by atoms with E-state index in [0.717, 1.165) is 0 Å². The number of pyridine rings is 1. The zero-order chi connectivity index (χ0) is 18.0. The lowest BCUT2D eigenvalue weighted by Gasteiger charge is -2.40. The Balaban J connectivity index is 1.62. The fraction of sp³-hybridized carbons (Fsp3) is 0.625. The van der Waals surface area contributed by atoms with Crippen LogP contribution in [0.15, 0.2) is 24.5 Å². The number of aromatic nitrogens is 1. The first-order chi connectivity index (χ1) is 11.9. The molecule has 2 atom stereocenters. The highest BCUT2D eigenvalue weighted by atomic mass is 32.2. The maximum atomic E-state index is 12.9. The minimum absolute atomic E-state index is 0.0898. The van der Waals surface area contributed by atoms with Crippen LogP contribution in [0.2, 0.25) is 0 Å². The molecule has 0 aromatic carbocycles. The van der Waals surface area contributed by atoms with Crippen LogP contribution in [0, 0.1) is 0 Å². The Kier molecular flexibility index (Phi) is 5.38. The first kappa shape index (κ1) is 18.2. The van der Waals surface area contributed by atoms with Crippen LogP contribution in [0.3, 0.4) is 0 Å². The summed E-state index contributed by atoms with van der Waals surface area (Å²) in [6.07, 6.45) is 2.92. The molecule has 9 heteroatoms. The minimum Gasteiger partial charge on any atom is -0.373 e. The molecule has 0 saturated carbocycles. The number of ether oxygens (including phenoxy) is 1. The first-order valence-electron chi connectivity index (χ1n) is 8.48. The van der Waals surface area contributed by atoms with Crippen LogP contribution in [0.1, 0.15) is 24.2 Å². The van der Waals surface area contributed by atoms with Gasteiger partial charge in [0.2, 0.25) is 0 Å². The van der Waals surface area contributed by atoms with Gasteiger partial charge in [-0.3, -0.25) is 9.78 Å². The third-order valence-corrected chi connectivity index (χ3v) is 6.46. The second-order valence-corrected chi connectivity index (χ2v) is 8.44. The van der Waals surface area contributed by atoms with Gasteiger partial charge in [-0.2, -0.15) is 17.0 Å². The van der Waals surface area contributed by atoms with Crippen LogP contribution in [0.25, 0.3) is 0 Å². The fourth-order valence-electron chi connectivity index (χ4n) is 3.28. The van der Waals surface area contributed by atoms with Crippen molar-refractivity contribution in [3.05, 3.63) is 30.1 Å². The summed E-state index contributed by atoms with van der Waals surface area (Å²) in [5, 5.41) is 0. The van der Waals surface area contributed by atoms with E-state index in [0.29, 0.717) is 44.8 Å². The van der Waals surface area contributed by atoms with Gasteiger partial charge in [0.25, 0.3) is 16.1 Å². The molecule has 138 valence electrons.